The molecular weight excluding hydrogens is 284 g/mol. The molecule has 2 aromatic carbocycles. The van der Waals surface area contributed by atoms with Gasteiger partial charge >= 0.3 is 0 Å². The molecule has 0 radical (unpaired) electrons. The second kappa shape index (κ2) is 4.53. The lowest BCUT2D eigenvalue weighted by Gasteiger charge is -2.05. The van der Waals surface area contributed by atoms with E-state index in [9.17, 15) is 0 Å². The maximum atomic E-state index is 6.34. The molecule has 0 saturated carbocycles. The van der Waals surface area contributed by atoms with Gasteiger partial charge < -0.3 is 0 Å². The summed E-state index contributed by atoms with van der Waals surface area (Å²) in [5.74, 6) is 0.700. The molecule has 102 valence electrons. The standard InChI is InChI=1S/C16H11ClN4/c1-10-7-8-13-12(9-10)15-20-19-14(21(15)16(17)18-13)11-5-3-2-4-6-11/h2-9H,1H3. The van der Waals surface area contributed by atoms with Crippen molar-refractivity contribution < 1.29 is 0 Å². The zero-order chi connectivity index (χ0) is 14.4. The highest BCUT2D eigenvalue weighted by Gasteiger charge is 2.14. The van der Waals surface area contributed by atoms with Crippen LogP contribution in [-0.4, -0.2) is 19.6 Å². The van der Waals surface area contributed by atoms with E-state index in [-0.39, 0.29) is 0 Å². The molecule has 4 aromatic rings. The van der Waals surface area contributed by atoms with Gasteiger partial charge in [-0.2, -0.15) is 0 Å². The molecule has 0 aliphatic rings. The number of benzene rings is 2. The van der Waals surface area contributed by atoms with Gasteiger partial charge in [0, 0.05) is 10.9 Å². The van der Waals surface area contributed by atoms with E-state index >= 15 is 0 Å². The van der Waals surface area contributed by atoms with Crippen LogP contribution in [0.2, 0.25) is 5.28 Å². The Hall–Kier alpha value is -2.46. The van der Waals surface area contributed by atoms with Gasteiger partial charge in [-0.05, 0) is 30.7 Å². The largest absolute Gasteiger partial charge is 0.248 e. The highest BCUT2D eigenvalue weighted by atomic mass is 35.5. The van der Waals surface area contributed by atoms with E-state index in [4.69, 9.17) is 11.6 Å². The summed E-state index contributed by atoms with van der Waals surface area (Å²) in [4.78, 5) is 4.45. The van der Waals surface area contributed by atoms with Gasteiger partial charge in [0.2, 0.25) is 5.28 Å². The molecule has 4 rings (SSSR count). The number of rotatable bonds is 1. The second-order valence-electron chi connectivity index (χ2n) is 4.95. The highest BCUT2D eigenvalue weighted by Crippen LogP contribution is 2.26. The van der Waals surface area contributed by atoms with E-state index in [0.717, 1.165) is 27.7 Å². The average Bonchev–Trinajstić information content (AvgIpc) is 2.95. The van der Waals surface area contributed by atoms with Crippen LogP contribution in [-0.2, 0) is 0 Å². The molecule has 0 unspecified atom stereocenters. The van der Waals surface area contributed by atoms with Crippen LogP contribution in [0.5, 0.6) is 0 Å². The van der Waals surface area contributed by atoms with Crippen molar-refractivity contribution >= 4 is 28.2 Å². The van der Waals surface area contributed by atoms with Crippen LogP contribution in [0.4, 0.5) is 0 Å². The minimum absolute atomic E-state index is 0.366. The van der Waals surface area contributed by atoms with Crippen molar-refractivity contribution in [1.82, 2.24) is 19.6 Å². The predicted molar refractivity (Wildman–Crippen MR) is 83.5 cm³/mol. The number of hydrogen-bond acceptors (Lipinski definition) is 3. The molecule has 0 atom stereocenters. The lowest BCUT2D eigenvalue weighted by molar-refractivity contribution is 1.09. The van der Waals surface area contributed by atoms with Gasteiger partial charge in [-0.1, -0.05) is 42.0 Å². The Morgan fingerprint density at radius 2 is 1.81 bits per heavy atom. The number of aromatic nitrogens is 4. The Morgan fingerprint density at radius 1 is 1.00 bits per heavy atom. The summed E-state index contributed by atoms with van der Waals surface area (Å²) in [5.41, 5.74) is 3.66. The van der Waals surface area contributed by atoms with Crippen LogP contribution in [0, 0.1) is 6.92 Å². The molecule has 0 N–H and O–H groups in total. The molecule has 5 heteroatoms. The monoisotopic (exact) mass is 294 g/mol. The van der Waals surface area contributed by atoms with Gasteiger partial charge in [-0.25, -0.2) is 9.38 Å². The fourth-order valence-electron chi connectivity index (χ4n) is 2.48. The number of aryl methyl sites for hydroxylation is 1. The number of fused-ring (bicyclic) bond motifs is 3. The predicted octanol–water partition coefficient (Wildman–Crippen LogP) is 3.91. The van der Waals surface area contributed by atoms with Crippen LogP contribution in [0.25, 0.3) is 27.9 Å². The first-order valence-corrected chi connectivity index (χ1v) is 6.98. The van der Waals surface area contributed by atoms with E-state index in [2.05, 4.69) is 21.2 Å². The SMILES string of the molecule is Cc1ccc2nc(Cl)n3c(-c4ccccc4)nnc3c2c1. The normalized spacial score (nSPS) is 11.3. The smallest absolute Gasteiger partial charge is 0.210 e. The molecule has 0 spiro atoms. The van der Waals surface area contributed by atoms with Crippen molar-refractivity contribution in [2.75, 3.05) is 0 Å². The van der Waals surface area contributed by atoms with Crippen LogP contribution >= 0.6 is 11.6 Å². The third-order valence-electron chi connectivity index (χ3n) is 3.49. The molecule has 0 saturated heterocycles. The minimum Gasteiger partial charge on any atom is -0.248 e. The molecule has 0 aliphatic carbocycles. The van der Waals surface area contributed by atoms with Gasteiger partial charge in [0.05, 0.1) is 5.52 Å². The summed E-state index contributed by atoms with van der Waals surface area (Å²) in [6.07, 6.45) is 0. The Labute approximate surface area is 126 Å². The third kappa shape index (κ3) is 1.87. The molecular formula is C16H11ClN4. The summed E-state index contributed by atoms with van der Waals surface area (Å²) in [5, 5.41) is 9.93. The van der Waals surface area contributed by atoms with Gasteiger partial charge in [0.25, 0.3) is 0 Å². The van der Waals surface area contributed by atoms with E-state index in [1.165, 1.54) is 0 Å². The Kier molecular flexibility index (Phi) is 2.65. The highest BCUT2D eigenvalue weighted by molar-refractivity contribution is 6.29. The zero-order valence-corrected chi connectivity index (χ0v) is 12.0. The lowest BCUT2D eigenvalue weighted by Crippen LogP contribution is -1.96. The summed E-state index contributed by atoms with van der Waals surface area (Å²) in [7, 11) is 0. The number of nitrogens with zero attached hydrogens (tertiary/aromatic N) is 4. The fraction of sp³-hybridized carbons (Fsp3) is 0.0625. The molecule has 2 heterocycles. The van der Waals surface area contributed by atoms with Crippen molar-refractivity contribution in [2.45, 2.75) is 6.92 Å². The van der Waals surface area contributed by atoms with Crippen LogP contribution < -0.4 is 0 Å². The number of halogens is 1. The summed E-state index contributed by atoms with van der Waals surface area (Å²) >= 11 is 6.34. The maximum Gasteiger partial charge on any atom is 0.210 e. The van der Waals surface area contributed by atoms with Gasteiger partial charge in [0.15, 0.2) is 11.5 Å². The van der Waals surface area contributed by atoms with Crippen LogP contribution in [0.3, 0.4) is 0 Å². The van der Waals surface area contributed by atoms with Crippen molar-refractivity contribution in [3.05, 3.63) is 59.4 Å². The molecule has 0 fully saturated rings. The van der Waals surface area contributed by atoms with Gasteiger partial charge in [0.1, 0.15) is 0 Å². The third-order valence-corrected chi connectivity index (χ3v) is 3.74. The van der Waals surface area contributed by atoms with Crippen LogP contribution in [0.1, 0.15) is 5.56 Å². The van der Waals surface area contributed by atoms with Crippen molar-refractivity contribution in [2.24, 2.45) is 0 Å². The molecule has 21 heavy (non-hydrogen) atoms. The van der Waals surface area contributed by atoms with Crippen molar-refractivity contribution in [3.8, 4) is 11.4 Å². The quantitative estimate of drug-likeness (QED) is 0.500. The summed E-state index contributed by atoms with van der Waals surface area (Å²) in [6, 6.07) is 15.9. The zero-order valence-electron chi connectivity index (χ0n) is 11.3. The Balaban J connectivity index is 2.13. The molecule has 2 aromatic heterocycles. The lowest BCUT2D eigenvalue weighted by atomic mass is 10.1. The van der Waals surface area contributed by atoms with E-state index < -0.39 is 0 Å². The molecule has 0 amide bonds. The minimum atomic E-state index is 0.366. The molecule has 4 nitrogen and oxygen atoms in total. The van der Waals surface area contributed by atoms with Crippen LogP contribution in [0.15, 0.2) is 48.5 Å². The van der Waals surface area contributed by atoms with Crippen molar-refractivity contribution in [1.29, 1.82) is 0 Å². The van der Waals surface area contributed by atoms with Crippen molar-refractivity contribution in [3.63, 3.8) is 0 Å². The topological polar surface area (TPSA) is 43.1 Å². The molecule has 0 aliphatic heterocycles. The van der Waals surface area contributed by atoms with Gasteiger partial charge in [-0.15, -0.1) is 10.2 Å². The molecule has 0 bridgehead atoms. The van der Waals surface area contributed by atoms with Gasteiger partial charge in [-0.3, -0.25) is 0 Å². The second-order valence-corrected chi connectivity index (χ2v) is 5.29. The maximum absolute atomic E-state index is 6.34. The summed E-state index contributed by atoms with van der Waals surface area (Å²) < 4.78 is 1.79. The number of hydrogen-bond donors (Lipinski definition) is 0. The first-order valence-electron chi connectivity index (χ1n) is 6.60. The Morgan fingerprint density at radius 3 is 2.62 bits per heavy atom. The first-order chi connectivity index (χ1) is 10.2. The Bertz CT molecular complexity index is 960. The average molecular weight is 295 g/mol. The first kappa shape index (κ1) is 12.3. The van der Waals surface area contributed by atoms with E-state index in [0.29, 0.717) is 11.1 Å². The fourth-order valence-corrected chi connectivity index (χ4v) is 2.73. The van der Waals surface area contributed by atoms with E-state index in [1.807, 2.05) is 49.4 Å². The van der Waals surface area contributed by atoms with E-state index in [1.54, 1.807) is 4.40 Å². The summed E-state index contributed by atoms with van der Waals surface area (Å²) in [6.45, 7) is 2.04.